The lowest BCUT2D eigenvalue weighted by atomic mass is 10.3. The fourth-order valence-electron chi connectivity index (χ4n) is 1.85. The Morgan fingerprint density at radius 1 is 1.47 bits per heavy atom. The molecule has 5 nitrogen and oxygen atoms in total. The molecule has 0 unspecified atom stereocenters. The highest BCUT2D eigenvalue weighted by atomic mass is 127. The first-order valence-electron chi connectivity index (χ1n) is 5.69. The maximum atomic E-state index is 11.0. The molecule has 0 atom stereocenters. The van der Waals surface area contributed by atoms with Crippen molar-refractivity contribution in [2.75, 3.05) is 12.8 Å². The monoisotopic (exact) mass is 411 g/mol. The van der Waals surface area contributed by atoms with E-state index < -0.39 is 10.0 Å². The molecule has 0 fully saturated rings. The summed E-state index contributed by atoms with van der Waals surface area (Å²) >= 11 is 7.54. The van der Waals surface area contributed by atoms with Crippen molar-refractivity contribution in [3.8, 4) is 0 Å². The van der Waals surface area contributed by atoms with Gasteiger partial charge in [0.2, 0.25) is 10.0 Å². The van der Waals surface area contributed by atoms with Crippen LogP contribution < -0.4 is 4.72 Å². The largest absolute Gasteiger partial charge is 0.331 e. The van der Waals surface area contributed by atoms with E-state index in [0.29, 0.717) is 24.3 Å². The number of halogens is 1. The van der Waals surface area contributed by atoms with E-state index in [0.717, 1.165) is 20.9 Å². The molecule has 0 spiro atoms. The van der Waals surface area contributed by atoms with Gasteiger partial charge in [-0.2, -0.15) is 0 Å². The van der Waals surface area contributed by atoms with Crippen LogP contribution in [0.2, 0.25) is 0 Å². The molecule has 2 rings (SSSR count). The Balaban J connectivity index is 2.13. The van der Waals surface area contributed by atoms with Gasteiger partial charge in [-0.25, -0.2) is 13.1 Å². The highest BCUT2D eigenvalue weighted by molar-refractivity contribution is 14.1. The number of hydrogen-bond donors (Lipinski definition) is 2. The van der Waals surface area contributed by atoms with Crippen molar-refractivity contribution < 1.29 is 8.42 Å². The van der Waals surface area contributed by atoms with E-state index in [4.69, 9.17) is 12.2 Å². The molecule has 104 valence electrons. The molecular weight excluding hydrogens is 397 g/mol. The topological polar surface area (TPSA) is 66.9 Å². The summed E-state index contributed by atoms with van der Waals surface area (Å²) in [5.41, 5.74) is 2.05. The van der Waals surface area contributed by atoms with Crippen LogP contribution in [0.3, 0.4) is 0 Å². The van der Waals surface area contributed by atoms with E-state index in [1.54, 1.807) is 0 Å². The van der Waals surface area contributed by atoms with E-state index in [9.17, 15) is 8.42 Å². The van der Waals surface area contributed by atoms with Crippen molar-refractivity contribution in [1.29, 1.82) is 0 Å². The molecule has 0 aliphatic heterocycles. The number of sulfonamides is 1. The van der Waals surface area contributed by atoms with Crippen LogP contribution in [0.1, 0.15) is 6.42 Å². The van der Waals surface area contributed by atoms with Gasteiger partial charge < -0.3 is 9.55 Å². The summed E-state index contributed by atoms with van der Waals surface area (Å²) in [5.74, 6) is 0. The number of aryl methyl sites for hydroxylation is 1. The molecule has 19 heavy (non-hydrogen) atoms. The number of rotatable bonds is 5. The molecule has 0 saturated carbocycles. The minimum Gasteiger partial charge on any atom is -0.331 e. The van der Waals surface area contributed by atoms with Crippen molar-refractivity contribution in [3.05, 3.63) is 26.5 Å². The standard InChI is InChI=1S/C11H14IN3O2S2/c1-19(16,17)13-5-2-6-15-10-4-3-8(12)7-9(10)14-11(15)18/h3-4,7,13H,2,5-6H2,1H3,(H,14,18). The van der Waals surface area contributed by atoms with Crippen molar-refractivity contribution in [2.24, 2.45) is 0 Å². The average molecular weight is 411 g/mol. The van der Waals surface area contributed by atoms with Crippen molar-refractivity contribution in [2.45, 2.75) is 13.0 Å². The first-order chi connectivity index (χ1) is 8.87. The molecule has 0 radical (unpaired) electrons. The Bertz CT molecular complexity index is 749. The van der Waals surface area contributed by atoms with Gasteiger partial charge in [0.1, 0.15) is 0 Å². The lowest BCUT2D eigenvalue weighted by molar-refractivity contribution is 0.576. The number of imidazole rings is 1. The summed E-state index contributed by atoms with van der Waals surface area (Å²) in [6, 6.07) is 6.08. The zero-order chi connectivity index (χ0) is 14.0. The second kappa shape index (κ2) is 5.90. The van der Waals surface area contributed by atoms with E-state index in [-0.39, 0.29) is 0 Å². The van der Waals surface area contributed by atoms with Crippen LogP contribution in [0.4, 0.5) is 0 Å². The molecule has 0 aliphatic rings. The van der Waals surface area contributed by atoms with Crippen LogP contribution in [0.25, 0.3) is 11.0 Å². The fourth-order valence-corrected chi connectivity index (χ4v) is 3.16. The number of nitrogens with one attached hydrogen (secondary N) is 2. The lowest BCUT2D eigenvalue weighted by Gasteiger charge is -2.05. The third-order valence-corrected chi connectivity index (χ3v) is 4.38. The molecule has 1 aromatic heterocycles. The second-order valence-corrected chi connectivity index (χ2v) is 7.73. The molecule has 1 aromatic carbocycles. The summed E-state index contributed by atoms with van der Waals surface area (Å²) in [6.45, 7) is 1.10. The molecule has 0 bridgehead atoms. The van der Waals surface area contributed by atoms with Gasteiger partial charge in [0, 0.05) is 16.7 Å². The number of fused-ring (bicyclic) bond motifs is 1. The van der Waals surface area contributed by atoms with Crippen LogP contribution in [0.15, 0.2) is 18.2 Å². The van der Waals surface area contributed by atoms with E-state index in [1.165, 1.54) is 0 Å². The molecule has 2 aromatic rings. The maximum absolute atomic E-state index is 11.0. The normalized spacial score (nSPS) is 12.1. The SMILES string of the molecule is CS(=O)(=O)NCCCn1c(=S)[nH]c2cc(I)ccc21. The Morgan fingerprint density at radius 2 is 2.21 bits per heavy atom. The highest BCUT2D eigenvalue weighted by Crippen LogP contribution is 2.17. The first kappa shape index (κ1) is 14.9. The Hall–Kier alpha value is -0.450. The quantitative estimate of drug-likeness (QED) is 0.451. The fraction of sp³-hybridized carbons (Fsp3) is 0.364. The number of H-pyrrole nitrogens is 1. The van der Waals surface area contributed by atoms with Crippen LogP contribution >= 0.6 is 34.8 Å². The number of aromatic amines is 1. The Labute approximate surface area is 130 Å². The molecule has 1 heterocycles. The third-order valence-electron chi connectivity index (χ3n) is 2.66. The predicted molar refractivity (Wildman–Crippen MR) is 87.3 cm³/mol. The summed E-state index contributed by atoms with van der Waals surface area (Å²) in [4.78, 5) is 3.16. The Morgan fingerprint density at radius 3 is 2.89 bits per heavy atom. The minimum atomic E-state index is -3.12. The number of aromatic nitrogens is 2. The second-order valence-electron chi connectivity index (χ2n) is 4.26. The van der Waals surface area contributed by atoms with Gasteiger partial charge >= 0.3 is 0 Å². The van der Waals surface area contributed by atoms with E-state index in [2.05, 4.69) is 32.3 Å². The molecule has 0 amide bonds. The van der Waals surface area contributed by atoms with Gasteiger partial charge in [-0.05, 0) is 59.4 Å². The van der Waals surface area contributed by atoms with Crippen LogP contribution in [0, 0.1) is 8.34 Å². The zero-order valence-corrected chi connectivity index (χ0v) is 14.1. The molecule has 2 N–H and O–H groups in total. The van der Waals surface area contributed by atoms with Crippen LogP contribution in [0.5, 0.6) is 0 Å². The number of hydrogen-bond acceptors (Lipinski definition) is 3. The zero-order valence-electron chi connectivity index (χ0n) is 10.3. The third kappa shape index (κ3) is 4.01. The van der Waals surface area contributed by atoms with E-state index in [1.807, 2.05) is 22.8 Å². The maximum Gasteiger partial charge on any atom is 0.208 e. The van der Waals surface area contributed by atoms with Gasteiger partial charge in [0.15, 0.2) is 4.77 Å². The molecular formula is C11H14IN3O2S2. The summed E-state index contributed by atoms with van der Waals surface area (Å²) < 4.78 is 28.2. The predicted octanol–water partition coefficient (Wildman–Crippen LogP) is 2.24. The number of nitrogens with zero attached hydrogens (tertiary/aromatic N) is 1. The summed E-state index contributed by atoms with van der Waals surface area (Å²) in [5, 5.41) is 0. The molecule has 0 saturated heterocycles. The van der Waals surface area contributed by atoms with Gasteiger partial charge in [0.05, 0.1) is 17.3 Å². The average Bonchev–Trinajstić information content (AvgIpc) is 2.58. The van der Waals surface area contributed by atoms with Gasteiger partial charge in [-0.15, -0.1) is 0 Å². The van der Waals surface area contributed by atoms with Crippen molar-refractivity contribution in [1.82, 2.24) is 14.3 Å². The Kier molecular flexibility index (Phi) is 4.64. The van der Waals surface area contributed by atoms with Gasteiger partial charge in [-0.3, -0.25) is 0 Å². The van der Waals surface area contributed by atoms with Crippen LogP contribution in [-0.2, 0) is 16.6 Å². The molecule has 8 heteroatoms. The smallest absolute Gasteiger partial charge is 0.208 e. The van der Waals surface area contributed by atoms with Gasteiger partial charge in [0.25, 0.3) is 0 Å². The number of benzene rings is 1. The lowest BCUT2D eigenvalue weighted by Crippen LogP contribution is -2.23. The minimum absolute atomic E-state index is 0.414. The first-order valence-corrected chi connectivity index (χ1v) is 9.07. The summed E-state index contributed by atoms with van der Waals surface area (Å²) in [6.07, 6.45) is 1.85. The van der Waals surface area contributed by atoms with Crippen molar-refractivity contribution >= 4 is 55.9 Å². The van der Waals surface area contributed by atoms with Gasteiger partial charge in [-0.1, -0.05) is 0 Å². The van der Waals surface area contributed by atoms with Crippen LogP contribution in [-0.4, -0.2) is 30.8 Å². The molecule has 0 aliphatic carbocycles. The summed E-state index contributed by atoms with van der Waals surface area (Å²) in [7, 11) is -3.12. The highest BCUT2D eigenvalue weighted by Gasteiger charge is 2.05. The van der Waals surface area contributed by atoms with E-state index >= 15 is 0 Å². The van der Waals surface area contributed by atoms with Crippen molar-refractivity contribution in [3.63, 3.8) is 0 Å².